The molecule has 0 radical (unpaired) electrons. The molecule has 138 valence electrons. The molecule has 1 aromatic carbocycles. The van der Waals surface area contributed by atoms with E-state index in [4.69, 9.17) is 0 Å². The van der Waals surface area contributed by atoms with E-state index < -0.39 is 0 Å². The average molecular weight is 352 g/mol. The summed E-state index contributed by atoms with van der Waals surface area (Å²) in [6, 6.07) is 12.5. The van der Waals surface area contributed by atoms with Gasteiger partial charge < -0.3 is 19.7 Å². The number of hydrogen-bond acceptors (Lipinski definition) is 5. The van der Waals surface area contributed by atoms with Gasteiger partial charge in [-0.3, -0.25) is 0 Å². The zero-order valence-corrected chi connectivity index (χ0v) is 16.1. The van der Waals surface area contributed by atoms with Gasteiger partial charge in [0.25, 0.3) is 0 Å². The second-order valence-electron chi connectivity index (χ2n) is 7.10. The molecule has 0 saturated carbocycles. The maximum atomic E-state index is 4.58. The summed E-state index contributed by atoms with van der Waals surface area (Å²) >= 11 is 0. The summed E-state index contributed by atoms with van der Waals surface area (Å²) in [5.41, 5.74) is 4.04. The van der Waals surface area contributed by atoms with E-state index in [1.807, 2.05) is 12.1 Å². The number of H-pyrrole nitrogens is 1. The quantitative estimate of drug-likeness (QED) is 0.675. The van der Waals surface area contributed by atoms with Crippen LogP contribution in [-0.4, -0.2) is 79.1 Å². The molecule has 0 spiro atoms. The molecule has 2 heterocycles. The van der Waals surface area contributed by atoms with Crippen LogP contribution in [0.15, 0.2) is 42.6 Å². The van der Waals surface area contributed by atoms with Crippen LogP contribution >= 0.6 is 0 Å². The third-order valence-corrected chi connectivity index (χ3v) is 4.40. The van der Waals surface area contributed by atoms with Crippen LogP contribution in [-0.2, 0) is 0 Å². The van der Waals surface area contributed by atoms with Crippen LogP contribution in [0.5, 0.6) is 0 Å². The number of imidazole rings is 1. The molecule has 0 aliphatic rings. The first kappa shape index (κ1) is 18.4. The van der Waals surface area contributed by atoms with Gasteiger partial charge in [-0.2, -0.15) is 0 Å². The average Bonchev–Trinajstić information content (AvgIpc) is 3.06. The van der Waals surface area contributed by atoms with Gasteiger partial charge in [-0.15, -0.1) is 0 Å². The zero-order valence-electron chi connectivity index (χ0n) is 16.1. The second kappa shape index (κ2) is 8.29. The summed E-state index contributed by atoms with van der Waals surface area (Å²) in [5.74, 6) is 0.860. The monoisotopic (exact) mass is 352 g/mol. The maximum Gasteiger partial charge on any atom is 0.178 e. The molecular formula is C20H28N6. The lowest BCUT2D eigenvalue weighted by Crippen LogP contribution is -2.36. The van der Waals surface area contributed by atoms with Gasteiger partial charge >= 0.3 is 0 Å². The molecule has 1 N–H and O–H groups in total. The van der Waals surface area contributed by atoms with Gasteiger partial charge in [-0.25, -0.2) is 9.97 Å². The number of aromatic nitrogens is 3. The van der Waals surface area contributed by atoms with E-state index in [1.165, 1.54) is 5.69 Å². The van der Waals surface area contributed by atoms with Crippen molar-refractivity contribution in [2.45, 2.75) is 0 Å². The van der Waals surface area contributed by atoms with Crippen LogP contribution in [0.3, 0.4) is 0 Å². The Morgan fingerprint density at radius 2 is 1.50 bits per heavy atom. The molecule has 0 unspecified atom stereocenters. The van der Waals surface area contributed by atoms with E-state index in [0.717, 1.165) is 48.7 Å². The van der Waals surface area contributed by atoms with Crippen LogP contribution < -0.4 is 4.90 Å². The summed E-state index contributed by atoms with van der Waals surface area (Å²) in [4.78, 5) is 19.1. The second-order valence-corrected chi connectivity index (χ2v) is 7.10. The van der Waals surface area contributed by atoms with E-state index in [1.54, 1.807) is 6.20 Å². The molecule has 26 heavy (non-hydrogen) atoms. The smallest absolute Gasteiger partial charge is 0.178 e. The fourth-order valence-electron chi connectivity index (χ4n) is 2.82. The topological polar surface area (TPSA) is 51.3 Å². The Morgan fingerprint density at radius 3 is 2.08 bits per heavy atom. The minimum absolute atomic E-state index is 0.755. The first-order valence-electron chi connectivity index (χ1n) is 8.98. The van der Waals surface area contributed by atoms with Crippen LogP contribution in [0, 0.1) is 0 Å². The van der Waals surface area contributed by atoms with Crippen molar-refractivity contribution in [3.63, 3.8) is 0 Å². The number of nitrogens with one attached hydrogen (secondary N) is 1. The number of pyridine rings is 1. The molecule has 6 nitrogen and oxygen atoms in total. The van der Waals surface area contributed by atoms with Crippen molar-refractivity contribution in [3.8, 4) is 11.4 Å². The summed E-state index contributed by atoms with van der Waals surface area (Å²) in [6.07, 6.45) is 1.77. The molecule has 3 rings (SSSR count). The van der Waals surface area contributed by atoms with Crippen LogP contribution in [0.25, 0.3) is 22.6 Å². The standard InChI is InChI=1S/C20H28N6/c1-24(2)12-14-26(15-13-25(3)4)17-9-7-16(8-10-17)19-22-18-6-5-11-21-20(18)23-19/h5-11H,12-15H2,1-4H3,(H,21,22,23). The molecule has 0 bridgehead atoms. The predicted octanol–water partition coefficient (Wildman–Crippen LogP) is 2.55. The Kier molecular flexibility index (Phi) is 5.85. The van der Waals surface area contributed by atoms with Crippen molar-refractivity contribution >= 4 is 16.9 Å². The highest BCUT2D eigenvalue weighted by Gasteiger charge is 2.10. The van der Waals surface area contributed by atoms with Crippen LogP contribution in [0.2, 0.25) is 0 Å². The predicted molar refractivity (Wildman–Crippen MR) is 109 cm³/mol. The van der Waals surface area contributed by atoms with Gasteiger partial charge in [0.15, 0.2) is 5.65 Å². The highest BCUT2D eigenvalue weighted by Crippen LogP contribution is 2.23. The molecule has 0 amide bonds. The largest absolute Gasteiger partial charge is 0.369 e. The molecule has 2 aromatic heterocycles. The lowest BCUT2D eigenvalue weighted by Gasteiger charge is -2.28. The third kappa shape index (κ3) is 4.59. The van der Waals surface area contributed by atoms with Gasteiger partial charge in [0, 0.05) is 43.6 Å². The fourth-order valence-corrected chi connectivity index (χ4v) is 2.82. The normalized spacial score (nSPS) is 11.6. The van der Waals surface area contributed by atoms with Gasteiger partial charge in [-0.1, -0.05) is 0 Å². The minimum Gasteiger partial charge on any atom is -0.369 e. The number of fused-ring (bicyclic) bond motifs is 1. The molecule has 0 aliphatic heterocycles. The highest BCUT2D eigenvalue weighted by molar-refractivity contribution is 5.76. The van der Waals surface area contributed by atoms with Crippen molar-refractivity contribution in [1.82, 2.24) is 24.8 Å². The number of aromatic amines is 1. The number of hydrogen-bond donors (Lipinski definition) is 1. The van der Waals surface area contributed by atoms with E-state index in [-0.39, 0.29) is 0 Å². The molecule has 0 atom stereocenters. The highest BCUT2D eigenvalue weighted by atomic mass is 15.2. The van der Waals surface area contributed by atoms with Crippen molar-refractivity contribution in [2.24, 2.45) is 0 Å². The first-order valence-corrected chi connectivity index (χ1v) is 8.98. The molecular weight excluding hydrogens is 324 g/mol. The Hall–Kier alpha value is -2.44. The molecule has 3 aromatic rings. The van der Waals surface area contributed by atoms with Gasteiger partial charge in [0.05, 0.1) is 5.52 Å². The summed E-state index contributed by atoms with van der Waals surface area (Å²) < 4.78 is 0. The van der Waals surface area contributed by atoms with E-state index in [0.29, 0.717) is 0 Å². The van der Waals surface area contributed by atoms with Gasteiger partial charge in [-0.05, 0) is 64.6 Å². The number of anilines is 1. The number of likely N-dealkylation sites (N-methyl/N-ethyl adjacent to an activating group) is 2. The van der Waals surface area contributed by atoms with E-state index in [9.17, 15) is 0 Å². The molecule has 6 heteroatoms. The number of nitrogens with zero attached hydrogens (tertiary/aromatic N) is 5. The molecule has 0 saturated heterocycles. The molecule has 0 aliphatic carbocycles. The Bertz CT molecular complexity index is 777. The van der Waals surface area contributed by atoms with Crippen molar-refractivity contribution < 1.29 is 0 Å². The number of rotatable bonds is 8. The van der Waals surface area contributed by atoms with Crippen LogP contribution in [0.1, 0.15) is 0 Å². The lowest BCUT2D eigenvalue weighted by atomic mass is 10.2. The lowest BCUT2D eigenvalue weighted by molar-refractivity contribution is 0.391. The zero-order chi connectivity index (χ0) is 18.5. The molecule has 0 fully saturated rings. The van der Waals surface area contributed by atoms with Gasteiger partial charge in [0.1, 0.15) is 5.82 Å². The summed E-state index contributed by atoms with van der Waals surface area (Å²) in [5, 5.41) is 0. The third-order valence-electron chi connectivity index (χ3n) is 4.40. The Morgan fingerprint density at radius 1 is 0.846 bits per heavy atom. The SMILES string of the molecule is CN(C)CCN(CCN(C)C)c1ccc(-c2nc3ncccc3[nH]2)cc1. The van der Waals surface area contributed by atoms with Crippen molar-refractivity contribution in [2.75, 3.05) is 59.3 Å². The summed E-state index contributed by atoms with van der Waals surface area (Å²) in [7, 11) is 8.46. The maximum absolute atomic E-state index is 4.58. The van der Waals surface area contributed by atoms with Crippen molar-refractivity contribution in [3.05, 3.63) is 42.6 Å². The van der Waals surface area contributed by atoms with Crippen molar-refractivity contribution in [1.29, 1.82) is 0 Å². The Balaban J connectivity index is 1.78. The van der Waals surface area contributed by atoms with E-state index in [2.05, 4.69) is 82.1 Å². The van der Waals surface area contributed by atoms with E-state index >= 15 is 0 Å². The Labute approximate surface area is 155 Å². The van der Waals surface area contributed by atoms with Gasteiger partial charge in [0.2, 0.25) is 0 Å². The fraction of sp³-hybridized carbons (Fsp3) is 0.400. The summed E-state index contributed by atoms with van der Waals surface area (Å²) in [6.45, 7) is 4.08. The van der Waals surface area contributed by atoms with Crippen LogP contribution in [0.4, 0.5) is 5.69 Å². The number of benzene rings is 1. The first-order chi connectivity index (χ1) is 12.5. The minimum atomic E-state index is 0.755.